The molecule has 4 nitrogen and oxygen atoms in total. The summed E-state index contributed by atoms with van der Waals surface area (Å²) in [7, 11) is 0. The van der Waals surface area contributed by atoms with Gasteiger partial charge in [0.2, 0.25) is 5.91 Å². The van der Waals surface area contributed by atoms with Crippen molar-refractivity contribution in [2.24, 2.45) is 5.92 Å². The summed E-state index contributed by atoms with van der Waals surface area (Å²) < 4.78 is 0. The van der Waals surface area contributed by atoms with Gasteiger partial charge in [0.25, 0.3) is 0 Å². The van der Waals surface area contributed by atoms with Gasteiger partial charge in [-0.3, -0.25) is 4.79 Å². The van der Waals surface area contributed by atoms with Gasteiger partial charge in [0.1, 0.15) is 12.0 Å². The molecule has 0 aromatic heterocycles. The first-order chi connectivity index (χ1) is 12.9. The predicted octanol–water partition coefficient (Wildman–Crippen LogP) is 4.73. The summed E-state index contributed by atoms with van der Waals surface area (Å²) in [5, 5.41) is 12.0. The molecule has 0 aliphatic rings. The lowest BCUT2D eigenvalue weighted by atomic mass is 10.00. The molecule has 4 heteroatoms. The number of allylic oxidation sites excluding steroid dienone is 3. The van der Waals surface area contributed by atoms with Crippen LogP contribution in [-0.2, 0) is 16.0 Å². The smallest absolute Gasteiger partial charge is 0.244 e. The van der Waals surface area contributed by atoms with E-state index < -0.39 is 6.04 Å². The number of nitrogens with one attached hydrogen (secondary N) is 1. The topological polar surface area (TPSA) is 66.4 Å². The van der Waals surface area contributed by atoms with Crippen molar-refractivity contribution in [2.45, 2.75) is 65.3 Å². The molecule has 0 saturated heterocycles. The van der Waals surface area contributed by atoms with Gasteiger partial charge in [0, 0.05) is 6.08 Å². The van der Waals surface area contributed by atoms with Crippen LogP contribution < -0.4 is 5.32 Å². The average molecular weight is 372 g/mol. The lowest BCUT2D eigenvalue weighted by molar-refractivity contribution is -0.120. The lowest BCUT2D eigenvalue weighted by Gasteiger charge is -2.11. The number of unbranched alkanes of at least 4 members (excludes halogenated alkanes) is 3. The Kier molecular flexibility index (Phi) is 10.8. The fourth-order valence-corrected chi connectivity index (χ4v) is 2.94. The Labute approximate surface area is 163 Å². The van der Waals surface area contributed by atoms with Crippen molar-refractivity contribution in [3.05, 3.63) is 53.6 Å². The summed E-state index contributed by atoms with van der Waals surface area (Å²) in [6, 6.07) is 6.02. The molecule has 1 amide bonds. The molecule has 0 heterocycles. The van der Waals surface area contributed by atoms with Crippen molar-refractivity contribution in [3.8, 4) is 5.75 Å². The van der Waals surface area contributed by atoms with Crippen LogP contribution in [0.2, 0.25) is 0 Å². The second-order valence-electron chi connectivity index (χ2n) is 7.19. The fourth-order valence-electron chi connectivity index (χ4n) is 2.94. The Hall–Kier alpha value is -2.36. The molecule has 0 spiro atoms. The number of aldehydes is 1. The molecule has 1 rings (SSSR count). The van der Waals surface area contributed by atoms with E-state index in [1.54, 1.807) is 30.3 Å². The number of hydrogen-bond donors (Lipinski definition) is 2. The monoisotopic (exact) mass is 371 g/mol. The van der Waals surface area contributed by atoms with Crippen molar-refractivity contribution in [1.82, 2.24) is 5.32 Å². The number of rotatable bonds is 12. The highest BCUT2D eigenvalue weighted by atomic mass is 16.3. The van der Waals surface area contributed by atoms with E-state index in [-0.39, 0.29) is 11.7 Å². The second-order valence-corrected chi connectivity index (χ2v) is 7.19. The molecule has 1 aromatic carbocycles. The standard InChI is InChI=1S/C23H33NO3/c1-4-5-6-7-8-18(2)15-19(3)9-14-23(27)24-21(17-25)16-20-10-12-22(26)13-11-20/h9-15,17-18,21,26H,4-8,16H2,1-3H3,(H,24,27)/b14-9+,19-15+/t18-,21+/m1/s1. The van der Waals surface area contributed by atoms with Crippen molar-refractivity contribution in [2.75, 3.05) is 0 Å². The summed E-state index contributed by atoms with van der Waals surface area (Å²) in [5.74, 6) is 0.385. The molecule has 0 radical (unpaired) electrons. The predicted molar refractivity (Wildman–Crippen MR) is 111 cm³/mol. The quantitative estimate of drug-likeness (QED) is 0.242. The maximum absolute atomic E-state index is 12.1. The van der Waals surface area contributed by atoms with Gasteiger partial charge in [0.05, 0.1) is 6.04 Å². The van der Waals surface area contributed by atoms with Gasteiger partial charge in [-0.05, 0) is 43.4 Å². The highest BCUT2D eigenvalue weighted by Crippen LogP contribution is 2.14. The summed E-state index contributed by atoms with van der Waals surface area (Å²) in [4.78, 5) is 23.3. The zero-order valence-electron chi connectivity index (χ0n) is 16.8. The van der Waals surface area contributed by atoms with Crippen LogP contribution in [0.15, 0.2) is 48.1 Å². The van der Waals surface area contributed by atoms with E-state index in [9.17, 15) is 14.7 Å². The number of aromatic hydroxyl groups is 1. The molecule has 1 aromatic rings. The third kappa shape index (κ3) is 10.4. The number of amides is 1. The van der Waals surface area contributed by atoms with Crippen LogP contribution in [-0.4, -0.2) is 23.3 Å². The van der Waals surface area contributed by atoms with Gasteiger partial charge in [-0.25, -0.2) is 0 Å². The SMILES string of the molecule is CCCCCC[C@@H](C)/C=C(C)/C=C/C(=O)N[C@H](C=O)Cc1ccc(O)cc1. The molecule has 0 bridgehead atoms. The summed E-state index contributed by atoms with van der Waals surface area (Å²) in [6.45, 7) is 6.40. The van der Waals surface area contributed by atoms with Crippen molar-refractivity contribution < 1.29 is 14.7 Å². The second kappa shape index (κ2) is 12.9. The lowest BCUT2D eigenvalue weighted by Crippen LogP contribution is -2.36. The van der Waals surface area contributed by atoms with Crippen molar-refractivity contribution >= 4 is 12.2 Å². The van der Waals surface area contributed by atoms with Gasteiger partial charge in [0.15, 0.2) is 0 Å². The Bertz CT molecular complexity index is 632. The van der Waals surface area contributed by atoms with Crippen LogP contribution in [0, 0.1) is 5.92 Å². The molecular formula is C23H33NO3. The largest absolute Gasteiger partial charge is 0.508 e. The van der Waals surface area contributed by atoms with Crippen molar-refractivity contribution in [3.63, 3.8) is 0 Å². The number of hydrogen-bond acceptors (Lipinski definition) is 3. The first-order valence-electron chi connectivity index (χ1n) is 9.84. The zero-order valence-corrected chi connectivity index (χ0v) is 16.8. The summed E-state index contributed by atoms with van der Waals surface area (Å²) in [6.07, 6.45) is 12.8. The molecule has 0 unspecified atom stereocenters. The van der Waals surface area contributed by atoms with Gasteiger partial charge >= 0.3 is 0 Å². The van der Waals surface area contributed by atoms with Crippen LogP contribution in [0.1, 0.15) is 58.4 Å². The Morgan fingerprint density at radius 3 is 2.48 bits per heavy atom. The van der Waals surface area contributed by atoms with Crippen LogP contribution in [0.3, 0.4) is 0 Å². The van der Waals surface area contributed by atoms with E-state index in [4.69, 9.17) is 0 Å². The van der Waals surface area contributed by atoms with Crippen LogP contribution >= 0.6 is 0 Å². The van der Waals surface area contributed by atoms with Crippen LogP contribution in [0.25, 0.3) is 0 Å². The highest BCUT2D eigenvalue weighted by molar-refractivity contribution is 5.90. The number of carbonyl (C=O) groups is 2. The minimum atomic E-state index is -0.589. The van der Waals surface area contributed by atoms with E-state index in [0.717, 1.165) is 23.8 Å². The van der Waals surface area contributed by atoms with Crippen LogP contribution in [0.4, 0.5) is 0 Å². The normalized spacial score (nSPS) is 14.1. The van der Waals surface area contributed by atoms with E-state index in [1.807, 2.05) is 6.92 Å². The number of phenols is 1. The zero-order chi connectivity index (χ0) is 20.1. The molecular weight excluding hydrogens is 338 g/mol. The van der Waals surface area contributed by atoms with Crippen LogP contribution in [0.5, 0.6) is 5.75 Å². The minimum absolute atomic E-state index is 0.176. The number of benzene rings is 1. The maximum atomic E-state index is 12.1. The van der Waals surface area contributed by atoms with E-state index in [2.05, 4.69) is 25.2 Å². The van der Waals surface area contributed by atoms with Gasteiger partial charge in [-0.2, -0.15) is 0 Å². The molecule has 148 valence electrons. The van der Waals surface area contributed by atoms with Gasteiger partial charge in [-0.1, -0.05) is 69.4 Å². The van der Waals surface area contributed by atoms with E-state index >= 15 is 0 Å². The Morgan fingerprint density at radius 2 is 1.85 bits per heavy atom. The first kappa shape index (κ1) is 22.7. The highest BCUT2D eigenvalue weighted by Gasteiger charge is 2.10. The summed E-state index contributed by atoms with van der Waals surface area (Å²) >= 11 is 0. The molecule has 2 N–H and O–H groups in total. The summed E-state index contributed by atoms with van der Waals surface area (Å²) in [5.41, 5.74) is 1.93. The Morgan fingerprint density at radius 1 is 1.15 bits per heavy atom. The molecule has 2 atom stereocenters. The van der Waals surface area contributed by atoms with Gasteiger partial charge in [-0.15, -0.1) is 0 Å². The maximum Gasteiger partial charge on any atom is 0.244 e. The average Bonchev–Trinajstić information content (AvgIpc) is 2.64. The molecule has 0 aliphatic carbocycles. The number of carbonyl (C=O) groups excluding carboxylic acids is 2. The number of phenolic OH excluding ortho intramolecular Hbond substituents is 1. The fraction of sp³-hybridized carbons (Fsp3) is 0.478. The van der Waals surface area contributed by atoms with E-state index in [1.165, 1.54) is 31.8 Å². The molecule has 0 saturated carbocycles. The third-order valence-electron chi connectivity index (χ3n) is 4.44. The Balaban J connectivity index is 2.46. The minimum Gasteiger partial charge on any atom is -0.508 e. The van der Waals surface area contributed by atoms with Gasteiger partial charge < -0.3 is 15.2 Å². The van der Waals surface area contributed by atoms with E-state index in [0.29, 0.717) is 12.3 Å². The third-order valence-corrected chi connectivity index (χ3v) is 4.44. The molecule has 0 aliphatic heterocycles. The molecule has 0 fully saturated rings. The van der Waals surface area contributed by atoms with Crippen molar-refractivity contribution in [1.29, 1.82) is 0 Å². The first-order valence-corrected chi connectivity index (χ1v) is 9.84. The molecule has 27 heavy (non-hydrogen) atoms.